The SMILES string of the molecule is CN(C)S(=O)(=O)c1ccc(Nc2nn([C@@H](CC#N)[C@@H]3CC3(F)F)c3cc[nH]c(=O)c23)cc1. The number of hydrogen-bond donors (Lipinski definition) is 2. The number of pyridine rings is 1. The normalized spacial score (nSPS) is 18.4. The number of benzene rings is 1. The molecule has 32 heavy (non-hydrogen) atoms. The van der Waals surface area contributed by atoms with Gasteiger partial charge in [0.15, 0.2) is 5.82 Å². The van der Waals surface area contributed by atoms with Crippen LogP contribution < -0.4 is 10.9 Å². The average molecular weight is 462 g/mol. The lowest BCUT2D eigenvalue weighted by atomic mass is 10.1. The van der Waals surface area contributed by atoms with Crippen molar-refractivity contribution >= 4 is 32.4 Å². The fourth-order valence-corrected chi connectivity index (χ4v) is 4.54. The third-order valence-electron chi connectivity index (χ3n) is 5.48. The first-order valence-corrected chi connectivity index (χ1v) is 11.1. The van der Waals surface area contributed by atoms with E-state index in [0.29, 0.717) is 11.2 Å². The second-order valence-corrected chi connectivity index (χ2v) is 9.95. The van der Waals surface area contributed by atoms with E-state index >= 15 is 0 Å². The van der Waals surface area contributed by atoms with E-state index in [-0.39, 0.29) is 28.9 Å². The topological polar surface area (TPSA) is 124 Å². The zero-order valence-corrected chi connectivity index (χ0v) is 18.0. The molecule has 1 aliphatic rings. The summed E-state index contributed by atoms with van der Waals surface area (Å²) in [5.74, 6) is -3.78. The average Bonchev–Trinajstić information content (AvgIpc) is 3.21. The number of nitriles is 1. The van der Waals surface area contributed by atoms with Crippen molar-refractivity contribution in [3.8, 4) is 6.07 Å². The van der Waals surface area contributed by atoms with Gasteiger partial charge in [-0.3, -0.25) is 9.48 Å². The smallest absolute Gasteiger partial charge is 0.261 e. The quantitative estimate of drug-likeness (QED) is 0.557. The summed E-state index contributed by atoms with van der Waals surface area (Å²) in [5, 5.41) is 16.7. The largest absolute Gasteiger partial charge is 0.338 e. The molecule has 0 saturated heterocycles. The maximum absolute atomic E-state index is 13.8. The maximum Gasteiger partial charge on any atom is 0.261 e. The third kappa shape index (κ3) is 3.74. The molecule has 1 aromatic carbocycles. The van der Waals surface area contributed by atoms with Crippen molar-refractivity contribution in [2.75, 3.05) is 19.4 Å². The van der Waals surface area contributed by atoms with Gasteiger partial charge in [0.1, 0.15) is 5.39 Å². The zero-order valence-electron chi connectivity index (χ0n) is 17.2. The lowest BCUT2D eigenvalue weighted by Crippen LogP contribution is -2.22. The number of aromatic amines is 1. The summed E-state index contributed by atoms with van der Waals surface area (Å²) >= 11 is 0. The van der Waals surface area contributed by atoms with E-state index in [9.17, 15) is 27.3 Å². The number of nitrogens with zero attached hydrogens (tertiary/aromatic N) is 4. The molecule has 9 nitrogen and oxygen atoms in total. The molecule has 0 aliphatic heterocycles. The van der Waals surface area contributed by atoms with Crippen LogP contribution in [0.1, 0.15) is 18.9 Å². The zero-order chi connectivity index (χ0) is 23.3. The number of H-pyrrole nitrogens is 1. The molecule has 168 valence electrons. The lowest BCUT2D eigenvalue weighted by Gasteiger charge is -2.15. The minimum atomic E-state index is -3.61. The Hall–Kier alpha value is -3.30. The number of alkyl halides is 2. The van der Waals surface area contributed by atoms with Crippen molar-refractivity contribution in [1.82, 2.24) is 19.1 Å². The molecule has 0 spiro atoms. The molecule has 1 saturated carbocycles. The van der Waals surface area contributed by atoms with E-state index < -0.39 is 33.5 Å². The molecule has 0 bridgehead atoms. The Bertz CT molecular complexity index is 1370. The maximum atomic E-state index is 13.8. The predicted molar refractivity (Wildman–Crippen MR) is 113 cm³/mol. The fourth-order valence-electron chi connectivity index (χ4n) is 3.64. The molecule has 0 amide bonds. The number of halogens is 2. The fraction of sp³-hybridized carbons (Fsp3) is 0.350. The molecule has 0 radical (unpaired) electrons. The summed E-state index contributed by atoms with van der Waals surface area (Å²) in [6.07, 6.45) is 0.872. The molecular formula is C20H20F2N6O3S. The minimum absolute atomic E-state index is 0.0892. The highest BCUT2D eigenvalue weighted by Crippen LogP contribution is 2.55. The van der Waals surface area contributed by atoms with Crippen molar-refractivity contribution < 1.29 is 17.2 Å². The van der Waals surface area contributed by atoms with Gasteiger partial charge in [0.25, 0.3) is 11.5 Å². The monoisotopic (exact) mass is 462 g/mol. The molecule has 0 unspecified atom stereocenters. The molecule has 2 aromatic heterocycles. The van der Waals surface area contributed by atoms with E-state index in [1.165, 1.54) is 49.2 Å². The highest BCUT2D eigenvalue weighted by atomic mass is 32.2. The van der Waals surface area contributed by atoms with Gasteiger partial charge in [-0.25, -0.2) is 21.5 Å². The van der Waals surface area contributed by atoms with Gasteiger partial charge in [0, 0.05) is 32.4 Å². The number of nitrogens with one attached hydrogen (secondary N) is 2. The highest BCUT2D eigenvalue weighted by Gasteiger charge is 2.61. The number of hydrogen-bond acceptors (Lipinski definition) is 6. The van der Waals surface area contributed by atoms with E-state index in [2.05, 4.69) is 15.4 Å². The summed E-state index contributed by atoms with van der Waals surface area (Å²) in [5.41, 5.74) is 0.304. The van der Waals surface area contributed by atoms with Gasteiger partial charge in [0.2, 0.25) is 10.0 Å². The van der Waals surface area contributed by atoms with E-state index in [0.717, 1.165) is 4.31 Å². The summed E-state index contributed by atoms with van der Waals surface area (Å²) in [6, 6.07) is 8.44. The van der Waals surface area contributed by atoms with Crippen LogP contribution in [-0.4, -0.2) is 47.5 Å². The summed E-state index contributed by atoms with van der Waals surface area (Å²) < 4.78 is 54.5. The Balaban J connectivity index is 1.74. The first kappa shape index (κ1) is 21.9. The summed E-state index contributed by atoms with van der Waals surface area (Å²) in [7, 11) is -0.757. The Labute approximate surface area is 182 Å². The van der Waals surface area contributed by atoms with E-state index in [1.807, 2.05) is 6.07 Å². The van der Waals surface area contributed by atoms with Crippen LogP contribution in [0.4, 0.5) is 20.3 Å². The number of sulfonamides is 1. The Kier molecular flexibility index (Phi) is 5.26. The van der Waals surface area contributed by atoms with E-state index in [1.54, 1.807) is 6.07 Å². The first-order valence-electron chi connectivity index (χ1n) is 9.70. The van der Waals surface area contributed by atoms with Crippen LogP contribution in [0.2, 0.25) is 0 Å². The molecule has 2 heterocycles. The van der Waals surface area contributed by atoms with Crippen LogP contribution in [0.5, 0.6) is 0 Å². The molecular weight excluding hydrogens is 442 g/mol. The van der Waals surface area contributed by atoms with E-state index in [4.69, 9.17) is 0 Å². The van der Waals surface area contributed by atoms with Crippen molar-refractivity contribution in [3.05, 3.63) is 46.9 Å². The molecule has 4 rings (SSSR count). The first-order chi connectivity index (χ1) is 15.1. The van der Waals surface area contributed by atoms with Crippen LogP contribution >= 0.6 is 0 Å². The molecule has 1 aliphatic carbocycles. The molecule has 2 atom stereocenters. The third-order valence-corrected chi connectivity index (χ3v) is 7.31. The van der Waals surface area contributed by atoms with Crippen LogP contribution in [0, 0.1) is 17.2 Å². The summed E-state index contributed by atoms with van der Waals surface area (Å²) in [6.45, 7) is 0. The van der Waals surface area contributed by atoms with Crippen molar-refractivity contribution in [3.63, 3.8) is 0 Å². The van der Waals surface area contributed by atoms with Crippen LogP contribution in [0.15, 0.2) is 46.2 Å². The second-order valence-electron chi connectivity index (χ2n) is 7.80. The summed E-state index contributed by atoms with van der Waals surface area (Å²) in [4.78, 5) is 15.1. The lowest BCUT2D eigenvalue weighted by molar-refractivity contribution is 0.0853. The Morgan fingerprint density at radius 2 is 2.00 bits per heavy atom. The highest BCUT2D eigenvalue weighted by molar-refractivity contribution is 7.89. The van der Waals surface area contributed by atoms with Gasteiger partial charge in [-0.1, -0.05) is 0 Å². The Morgan fingerprint density at radius 1 is 1.34 bits per heavy atom. The predicted octanol–water partition coefficient (Wildman–Crippen LogP) is 2.83. The van der Waals surface area contributed by atoms with Gasteiger partial charge < -0.3 is 10.3 Å². The molecule has 2 N–H and O–H groups in total. The van der Waals surface area contributed by atoms with Crippen molar-refractivity contribution in [2.24, 2.45) is 5.92 Å². The van der Waals surface area contributed by atoms with Gasteiger partial charge in [-0.05, 0) is 30.3 Å². The van der Waals surface area contributed by atoms with Crippen LogP contribution in [0.25, 0.3) is 10.9 Å². The van der Waals surface area contributed by atoms with Gasteiger partial charge in [-0.2, -0.15) is 10.4 Å². The standard InChI is InChI=1S/C20H20F2N6O3S/c1-27(2)32(30,31)13-5-3-12(4-6-13)25-18-17-16(8-10-24-19(17)29)28(26-18)15(7-9-23)14-11-20(14,21)22/h3-6,8,10,14-15H,7,11H2,1-2H3,(H,24,29)(H,25,26)/t14-,15-/m0/s1. The van der Waals surface area contributed by atoms with Crippen molar-refractivity contribution in [2.45, 2.75) is 29.7 Å². The number of anilines is 2. The van der Waals surface area contributed by atoms with Gasteiger partial charge >= 0.3 is 0 Å². The van der Waals surface area contributed by atoms with Crippen LogP contribution in [0.3, 0.4) is 0 Å². The minimum Gasteiger partial charge on any atom is -0.338 e. The molecule has 3 aromatic rings. The number of aromatic nitrogens is 3. The van der Waals surface area contributed by atoms with Gasteiger partial charge in [-0.15, -0.1) is 0 Å². The second kappa shape index (κ2) is 7.68. The van der Waals surface area contributed by atoms with Gasteiger partial charge in [0.05, 0.1) is 34.9 Å². The van der Waals surface area contributed by atoms with Crippen LogP contribution in [-0.2, 0) is 10.0 Å². The number of fused-ring (bicyclic) bond motifs is 1. The Morgan fingerprint density at radius 3 is 2.56 bits per heavy atom. The molecule has 12 heteroatoms. The number of rotatable bonds is 7. The van der Waals surface area contributed by atoms with Crippen molar-refractivity contribution in [1.29, 1.82) is 5.26 Å². The molecule has 1 fully saturated rings.